The topological polar surface area (TPSA) is 17.1 Å². The minimum Gasteiger partial charge on any atom is -0.288 e. The Bertz CT molecular complexity index is 612. The summed E-state index contributed by atoms with van der Waals surface area (Å²) in [6, 6.07) is 12.7. The summed E-state index contributed by atoms with van der Waals surface area (Å²) < 4.78 is 0. The number of benzene rings is 2. The molecule has 0 atom stereocenters. The van der Waals surface area contributed by atoms with Crippen LogP contribution in [0.2, 0.25) is 10.0 Å². The number of ketones is 1. The van der Waals surface area contributed by atoms with Crippen molar-refractivity contribution in [1.29, 1.82) is 0 Å². The zero-order valence-electron chi connectivity index (χ0n) is 11.5. The Morgan fingerprint density at radius 1 is 1.05 bits per heavy atom. The number of rotatable bonds is 4. The van der Waals surface area contributed by atoms with E-state index in [4.69, 9.17) is 23.2 Å². The Kier molecular flexibility index (Phi) is 4.85. The molecule has 0 amide bonds. The third-order valence-electron chi connectivity index (χ3n) is 3.02. The highest BCUT2D eigenvalue weighted by molar-refractivity contribution is 6.41. The second-order valence-corrected chi connectivity index (χ2v) is 6.04. The van der Waals surface area contributed by atoms with Gasteiger partial charge in [-0.2, -0.15) is 0 Å². The van der Waals surface area contributed by atoms with E-state index in [2.05, 4.69) is 13.8 Å². The lowest BCUT2D eigenvalue weighted by molar-refractivity contribution is 0.103. The molecular weight excluding hydrogens is 291 g/mol. The molecule has 104 valence electrons. The van der Waals surface area contributed by atoms with Gasteiger partial charge in [0.1, 0.15) is 0 Å². The van der Waals surface area contributed by atoms with E-state index in [1.54, 1.807) is 24.3 Å². The minimum atomic E-state index is -0.133. The third kappa shape index (κ3) is 3.41. The van der Waals surface area contributed by atoms with E-state index in [-0.39, 0.29) is 5.78 Å². The van der Waals surface area contributed by atoms with Gasteiger partial charge in [0.15, 0.2) is 5.78 Å². The fourth-order valence-corrected chi connectivity index (χ4v) is 2.74. The molecule has 2 rings (SSSR count). The first-order valence-corrected chi connectivity index (χ1v) is 7.32. The normalized spacial score (nSPS) is 10.8. The van der Waals surface area contributed by atoms with Crippen molar-refractivity contribution >= 4 is 29.0 Å². The maximum absolute atomic E-state index is 12.6. The number of hydrogen-bond acceptors (Lipinski definition) is 1. The summed E-state index contributed by atoms with van der Waals surface area (Å²) in [6.07, 6.45) is 0.942. The third-order valence-corrected chi connectivity index (χ3v) is 3.65. The zero-order valence-corrected chi connectivity index (χ0v) is 13.0. The standard InChI is InChI=1S/C17H16Cl2O/c1-11(2)9-12-5-3-6-13(10-12)17(20)16-14(18)7-4-8-15(16)19/h3-8,10-11H,9H2,1-2H3. The minimum absolute atomic E-state index is 0.133. The Morgan fingerprint density at radius 3 is 2.25 bits per heavy atom. The van der Waals surface area contributed by atoms with E-state index in [0.717, 1.165) is 12.0 Å². The molecule has 0 heterocycles. The van der Waals surface area contributed by atoms with E-state index in [0.29, 0.717) is 27.1 Å². The zero-order chi connectivity index (χ0) is 14.7. The van der Waals surface area contributed by atoms with Gasteiger partial charge >= 0.3 is 0 Å². The van der Waals surface area contributed by atoms with Crippen LogP contribution >= 0.6 is 23.2 Å². The highest BCUT2D eigenvalue weighted by Crippen LogP contribution is 2.27. The molecular formula is C17H16Cl2O. The van der Waals surface area contributed by atoms with Crippen LogP contribution in [-0.4, -0.2) is 5.78 Å². The van der Waals surface area contributed by atoms with Gasteiger partial charge in [-0.3, -0.25) is 4.79 Å². The first kappa shape index (κ1) is 15.1. The number of carbonyl (C=O) groups excluding carboxylic acids is 1. The molecule has 1 nitrogen and oxygen atoms in total. The monoisotopic (exact) mass is 306 g/mol. The van der Waals surface area contributed by atoms with Crippen molar-refractivity contribution in [2.24, 2.45) is 5.92 Å². The molecule has 0 fully saturated rings. The predicted octanol–water partition coefficient (Wildman–Crippen LogP) is 5.42. The van der Waals surface area contributed by atoms with Crippen LogP contribution in [0.4, 0.5) is 0 Å². The van der Waals surface area contributed by atoms with Crippen molar-refractivity contribution < 1.29 is 4.79 Å². The van der Waals surface area contributed by atoms with Crippen LogP contribution in [0.3, 0.4) is 0 Å². The van der Waals surface area contributed by atoms with Gasteiger partial charge in [0.05, 0.1) is 15.6 Å². The molecule has 0 saturated carbocycles. The Labute approximate surface area is 129 Å². The molecule has 0 unspecified atom stereocenters. The number of carbonyl (C=O) groups is 1. The van der Waals surface area contributed by atoms with Gasteiger partial charge < -0.3 is 0 Å². The SMILES string of the molecule is CC(C)Cc1cccc(C(=O)c2c(Cl)cccc2Cl)c1. The molecule has 2 aromatic rings. The summed E-state index contributed by atoms with van der Waals surface area (Å²) in [5.74, 6) is 0.412. The number of halogens is 2. The Hall–Kier alpha value is -1.31. The van der Waals surface area contributed by atoms with Crippen LogP contribution in [-0.2, 0) is 6.42 Å². The van der Waals surface area contributed by atoms with Crippen molar-refractivity contribution in [3.63, 3.8) is 0 Å². The number of hydrogen-bond donors (Lipinski definition) is 0. The molecule has 0 aliphatic carbocycles. The van der Waals surface area contributed by atoms with Crippen molar-refractivity contribution in [3.05, 3.63) is 69.2 Å². The maximum atomic E-state index is 12.6. The highest BCUT2D eigenvalue weighted by atomic mass is 35.5. The second-order valence-electron chi connectivity index (χ2n) is 5.22. The molecule has 0 saturated heterocycles. The van der Waals surface area contributed by atoms with E-state index >= 15 is 0 Å². The lowest BCUT2D eigenvalue weighted by Crippen LogP contribution is -2.04. The summed E-state index contributed by atoms with van der Waals surface area (Å²) in [5, 5.41) is 0.772. The fraction of sp³-hybridized carbons (Fsp3) is 0.235. The summed E-state index contributed by atoms with van der Waals surface area (Å²) in [6.45, 7) is 4.30. The second kappa shape index (κ2) is 6.43. The molecule has 0 bridgehead atoms. The smallest absolute Gasteiger partial charge is 0.196 e. The molecule has 0 aliphatic heterocycles. The molecule has 0 N–H and O–H groups in total. The summed E-state index contributed by atoms with van der Waals surface area (Å²) in [5.41, 5.74) is 2.14. The van der Waals surface area contributed by atoms with E-state index in [1.165, 1.54) is 0 Å². The van der Waals surface area contributed by atoms with Gasteiger partial charge in [-0.1, -0.05) is 61.3 Å². The largest absolute Gasteiger partial charge is 0.288 e. The van der Waals surface area contributed by atoms with Crippen LogP contribution in [0.15, 0.2) is 42.5 Å². The van der Waals surface area contributed by atoms with Gasteiger partial charge in [-0.25, -0.2) is 0 Å². The summed E-state index contributed by atoms with van der Waals surface area (Å²) in [4.78, 5) is 12.6. The van der Waals surface area contributed by atoms with Gasteiger partial charge in [-0.15, -0.1) is 0 Å². The van der Waals surface area contributed by atoms with Crippen molar-refractivity contribution in [2.75, 3.05) is 0 Å². The molecule has 3 heteroatoms. The fourth-order valence-electron chi connectivity index (χ4n) is 2.17. The van der Waals surface area contributed by atoms with Crippen LogP contribution in [0.25, 0.3) is 0 Å². The van der Waals surface area contributed by atoms with Gasteiger partial charge in [-0.05, 0) is 36.1 Å². The first-order valence-electron chi connectivity index (χ1n) is 6.56. The highest BCUT2D eigenvalue weighted by Gasteiger charge is 2.16. The average molecular weight is 307 g/mol. The summed E-state index contributed by atoms with van der Waals surface area (Å²) >= 11 is 12.2. The molecule has 0 spiro atoms. The lowest BCUT2D eigenvalue weighted by Gasteiger charge is -2.09. The quantitative estimate of drug-likeness (QED) is 0.689. The van der Waals surface area contributed by atoms with Crippen molar-refractivity contribution in [1.82, 2.24) is 0 Å². The average Bonchev–Trinajstić information content (AvgIpc) is 2.38. The Morgan fingerprint density at radius 2 is 1.65 bits per heavy atom. The summed E-state index contributed by atoms with van der Waals surface area (Å²) in [7, 11) is 0. The van der Waals surface area contributed by atoms with Crippen LogP contribution in [0, 0.1) is 5.92 Å². The van der Waals surface area contributed by atoms with E-state index in [1.807, 2.05) is 18.2 Å². The Balaban J connectivity index is 2.39. The van der Waals surface area contributed by atoms with Gasteiger partial charge in [0.25, 0.3) is 0 Å². The molecule has 0 radical (unpaired) electrons. The lowest BCUT2D eigenvalue weighted by atomic mass is 9.97. The van der Waals surface area contributed by atoms with Crippen molar-refractivity contribution in [2.45, 2.75) is 20.3 Å². The molecule has 2 aromatic carbocycles. The molecule has 0 aliphatic rings. The van der Waals surface area contributed by atoms with Gasteiger partial charge in [0.2, 0.25) is 0 Å². The van der Waals surface area contributed by atoms with E-state index in [9.17, 15) is 4.79 Å². The first-order chi connectivity index (χ1) is 9.49. The van der Waals surface area contributed by atoms with Crippen molar-refractivity contribution in [3.8, 4) is 0 Å². The predicted molar refractivity (Wildman–Crippen MR) is 84.9 cm³/mol. The molecule has 20 heavy (non-hydrogen) atoms. The molecule has 0 aromatic heterocycles. The van der Waals surface area contributed by atoms with Crippen LogP contribution < -0.4 is 0 Å². The van der Waals surface area contributed by atoms with Crippen LogP contribution in [0.1, 0.15) is 35.3 Å². The van der Waals surface area contributed by atoms with E-state index < -0.39 is 0 Å². The van der Waals surface area contributed by atoms with Gasteiger partial charge in [0, 0.05) is 5.56 Å². The maximum Gasteiger partial charge on any atom is 0.196 e. The van der Waals surface area contributed by atoms with Crippen LogP contribution in [0.5, 0.6) is 0 Å².